The predicted octanol–water partition coefficient (Wildman–Crippen LogP) is 1.37. The number of non-ortho nitro benzene ring substituents is 1. The molecule has 0 radical (unpaired) electrons. The Morgan fingerprint density at radius 3 is 3.00 bits per heavy atom. The summed E-state index contributed by atoms with van der Waals surface area (Å²) >= 11 is 0. The van der Waals surface area contributed by atoms with Crippen LogP contribution in [0.25, 0.3) is 0 Å². The van der Waals surface area contributed by atoms with Crippen molar-refractivity contribution in [1.82, 2.24) is 4.90 Å². The first kappa shape index (κ1) is 14.5. The van der Waals surface area contributed by atoms with E-state index in [4.69, 9.17) is 5.11 Å². The summed E-state index contributed by atoms with van der Waals surface area (Å²) in [5.41, 5.74) is 0.671. The van der Waals surface area contributed by atoms with Crippen LogP contribution in [0.1, 0.15) is 18.4 Å². The standard InChI is InChI=1S/C14H18N2O4/c17-7-5-11-4-6-15(10-11)14(18)9-12-2-1-3-13(8-12)16(19)20/h1-3,8,11,17H,4-7,9-10H2. The molecule has 0 aromatic heterocycles. The largest absolute Gasteiger partial charge is 0.396 e. The molecule has 1 N–H and O–H groups in total. The lowest BCUT2D eigenvalue weighted by Gasteiger charge is -2.16. The van der Waals surface area contributed by atoms with Crippen molar-refractivity contribution in [3.8, 4) is 0 Å². The number of carbonyl (C=O) groups excluding carboxylic acids is 1. The number of nitro benzene ring substituents is 1. The van der Waals surface area contributed by atoms with Gasteiger partial charge < -0.3 is 10.0 Å². The first-order chi connectivity index (χ1) is 9.60. The zero-order valence-electron chi connectivity index (χ0n) is 11.2. The van der Waals surface area contributed by atoms with Crippen LogP contribution >= 0.6 is 0 Å². The van der Waals surface area contributed by atoms with E-state index in [0.29, 0.717) is 24.6 Å². The lowest BCUT2D eigenvalue weighted by atomic mass is 10.1. The number of hydrogen-bond donors (Lipinski definition) is 1. The summed E-state index contributed by atoms with van der Waals surface area (Å²) in [4.78, 5) is 24.2. The first-order valence-corrected chi connectivity index (χ1v) is 6.72. The number of nitro groups is 1. The van der Waals surface area contributed by atoms with Crippen molar-refractivity contribution < 1.29 is 14.8 Å². The highest BCUT2D eigenvalue weighted by Gasteiger charge is 2.25. The predicted molar refractivity (Wildman–Crippen MR) is 73.2 cm³/mol. The third-order valence-corrected chi connectivity index (χ3v) is 3.65. The number of carbonyl (C=O) groups is 1. The van der Waals surface area contributed by atoms with E-state index in [1.165, 1.54) is 12.1 Å². The molecule has 1 aromatic rings. The molecule has 1 fully saturated rings. The minimum atomic E-state index is -0.457. The number of nitrogens with zero attached hydrogens (tertiary/aromatic N) is 2. The van der Waals surface area contributed by atoms with Gasteiger partial charge in [-0.1, -0.05) is 12.1 Å². The summed E-state index contributed by atoms with van der Waals surface area (Å²) in [7, 11) is 0. The number of benzene rings is 1. The summed E-state index contributed by atoms with van der Waals surface area (Å²) in [6, 6.07) is 6.19. The average molecular weight is 278 g/mol. The zero-order chi connectivity index (χ0) is 14.5. The SMILES string of the molecule is O=C(Cc1cccc([N+](=O)[O-])c1)N1CCC(CCO)C1. The number of rotatable bonds is 5. The molecule has 108 valence electrons. The molecular formula is C14H18N2O4. The van der Waals surface area contributed by atoms with Crippen LogP contribution in [0, 0.1) is 16.0 Å². The molecule has 20 heavy (non-hydrogen) atoms. The van der Waals surface area contributed by atoms with Crippen molar-refractivity contribution in [2.24, 2.45) is 5.92 Å². The summed E-state index contributed by atoms with van der Waals surface area (Å²) in [6.07, 6.45) is 1.83. The second kappa shape index (κ2) is 6.47. The number of hydrogen-bond acceptors (Lipinski definition) is 4. The van der Waals surface area contributed by atoms with Crippen LogP contribution in [-0.2, 0) is 11.2 Å². The Morgan fingerprint density at radius 1 is 1.50 bits per heavy atom. The molecule has 1 atom stereocenters. The van der Waals surface area contributed by atoms with Crippen molar-refractivity contribution in [1.29, 1.82) is 0 Å². The summed E-state index contributed by atoms with van der Waals surface area (Å²) in [5, 5.41) is 19.6. The molecule has 0 bridgehead atoms. The first-order valence-electron chi connectivity index (χ1n) is 6.72. The molecule has 1 saturated heterocycles. The maximum atomic E-state index is 12.1. The van der Waals surface area contributed by atoms with Gasteiger partial charge in [-0.25, -0.2) is 0 Å². The molecule has 6 heteroatoms. The van der Waals surface area contributed by atoms with Gasteiger partial charge in [0.15, 0.2) is 0 Å². The van der Waals surface area contributed by atoms with Crippen LogP contribution in [0.2, 0.25) is 0 Å². The zero-order valence-corrected chi connectivity index (χ0v) is 11.2. The van der Waals surface area contributed by atoms with E-state index in [9.17, 15) is 14.9 Å². The van der Waals surface area contributed by atoms with E-state index in [1.54, 1.807) is 17.0 Å². The molecule has 1 aliphatic heterocycles. The van der Waals surface area contributed by atoms with Gasteiger partial charge in [-0.05, 0) is 24.3 Å². The molecule has 0 aliphatic carbocycles. The number of likely N-dealkylation sites (tertiary alicyclic amines) is 1. The topological polar surface area (TPSA) is 83.7 Å². The second-order valence-electron chi connectivity index (χ2n) is 5.11. The van der Waals surface area contributed by atoms with Crippen LogP contribution in [0.3, 0.4) is 0 Å². The summed E-state index contributed by atoms with van der Waals surface area (Å²) in [6.45, 7) is 1.53. The van der Waals surface area contributed by atoms with Crippen molar-refractivity contribution >= 4 is 11.6 Å². The van der Waals surface area contributed by atoms with Gasteiger partial charge in [0, 0.05) is 31.8 Å². The highest BCUT2D eigenvalue weighted by molar-refractivity contribution is 5.79. The van der Waals surface area contributed by atoms with Gasteiger partial charge in [0.05, 0.1) is 11.3 Å². The highest BCUT2D eigenvalue weighted by atomic mass is 16.6. The molecule has 0 spiro atoms. The molecule has 1 aromatic carbocycles. The minimum absolute atomic E-state index is 0.00839. The fourth-order valence-corrected chi connectivity index (χ4v) is 2.54. The van der Waals surface area contributed by atoms with E-state index >= 15 is 0 Å². The number of amides is 1. The van der Waals surface area contributed by atoms with Crippen LogP contribution in [0.15, 0.2) is 24.3 Å². The molecule has 1 amide bonds. The average Bonchev–Trinajstić information content (AvgIpc) is 2.88. The normalized spacial score (nSPS) is 18.2. The van der Waals surface area contributed by atoms with Gasteiger partial charge >= 0.3 is 0 Å². The van der Waals surface area contributed by atoms with E-state index < -0.39 is 4.92 Å². The fraction of sp³-hybridized carbons (Fsp3) is 0.500. The molecule has 1 aliphatic rings. The third-order valence-electron chi connectivity index (χ3n) is 3.65. The summed E-state index contributed by atoms with van der Waals surface area (Å²) in [5.74, 6) is 0.361. The van der Waals surface area contributed by atoms with Crippen LogP contribution < -0.4 is 0 Å². The summed E-state index contributed by atoms with van der Waals surface area (Å²) < 4.78 is 0. The van der Waals surface area contributed by atoms with Crippen LogP contribution in [0.5, 0.6) is 0 Å². The van der Waals surface area contributed by atoms with Gasteiger partial charge in [0.2, 0.25) is 5.91 Å². The molecule has 1 unspecified atom stereocenters. The highest BCUT2D eigenvalue weighted by Crippen LogP contribution is 2.21. The van der Waals surface area contributed by atoms with Crippen molar-refractivity contribution in [2.75, 3.05) is 19.7 Å². The van der Waals surface area contributed by atoms with Crippen molar-refractivity contribution in [3.63, 3.8) is 0 Å². The minimum Gasteiger partial charge on any atom is -0.396 e. The van der Waals surface area contributed by atoms with Crippen molar-refractivity contribution in [2.45, 2.75) is 19.3 Å². The maximum absolute atomic E-state index is 12.1. The molecule has 6 nitrogen and oxygen atoms in total. The Hall–Kier alpha value is -1.95. The van der Waals surface area contributed by atoms with Crippen LogP contribution in [-0.4, -0.2) is 40.5 Å². The van der Waals surface area contributed by atoms with E-state index in [1.807, 2.05) is 0 Å². The quantitative estimate of drug-likeness (QED) is 0.651. The molecule has 0 saturated carbocycles. The lowest BCUT2D eigenvalue weighted by molar-refractivity contribution is -0.384. The Balaban J connectivity index is 1.95. The third kappa shape index (κ3) is 3.54. The fourth-order valence-electron chi connectivity index (χ4n) is 2.54. The second-order valence-corrected chi connectivity index (χ2v) is 5.11. The van der Waals surface area contributed by atoms with Crippen molar-refractivity contribution in [3.05, 3.63) is 39.9 Å². The van der Waals surface area contributed by atoms with E-state index in [-0.39, 0.29) is 24.6 Å². The Labute approximate surface area is 117 Å². The Bertz CT molecular complexity index is 504. The molecule has 2 rings (SSSR count). The number of aliphatic hydroxyl groups excluding tert-OH is 1. The van der Waals surface area contributed by atoms with E-state index in [0.717, 1.165) is 12.8 Å². The monoisotopic (exact) mass is 278 g/mol. The smallest absolute Gasteiger partial charge is 0.269 e. The number of aliphatic hydroxyl groups is 1. The molecular weight excluding hydrogens is 260 g/mol. The van der Waals surface area contributed by atoms with Gasteiger partial charge in [-0.2, -0.15) is 0 Å². The maximum Gasteiger partial charge on any atom is 0.269 e. The Morgan fingerprint density at radius 2 is 2.30 bits per heavy atom. The lowest BCUT2D eigenvalue weighted by Crippen LogP contribution is -2.30. The van der Waals surface area contributed by atoms with Crippen LogP contribution in [0.4, 0.5) is 5.69 Å². The van der Waals surface area contributed by atoms with Gasteiger partial charge in [0.25, 0.3) is 5.69 Å². The van der Waals surface area contributed by atoms with E-state index in [2.05, 4.69) is 0 Å². The van der Waals surface area contributed by atoms with Gasteiger partial charge in [-0.3, -0.25) is 14.9 Å². The van der Waals surface area contributed by atoms with Gasteiger partial charge in [-0.15, -0.1) is 0 Å². The van der Waals surface area contributed by atoms with Gasteiger partial charge in [0.1, 0.15) is 0 Å². The Kier molecular flexibility index (Phi) is 4.68. The molecule has 1 heterocycles.